The fourth-order valence-electron chi connectivity index (χ4n) is 6.02. The molecule has 0 bridgehead atoms. The number of rotatable bonds is 4. The van der Waals surface area contributed by atoms with E-state index >= 15 is 0 Å². The third-order valence-corrected chi connectivity index (χ3v) is 8.19. The normalized spacial score (nSPS) is 28.8. The minimum Gasteiger partial charge on any atom is -0.381 e. The number of halogens is 1. The van der Waals surface area contributed by atoms with Crippen LogP contribution in [0.2, 0.25) is 0 Å². The molecule has 9 heteroatoms. The summed E-state index contributed by atoms with van der Waals surface area (Å²) in [5, 5.41) is 3.28. The van der Waals surface area contributed by atoms with Crippen molar-refractivity contribution in [2.45, 2.75) is 68.7 Å². The summed E-state index contributed by atoms with van der Waals surface area (Å²) in [6.45, 7) is 4.13. The molecule has 1 N–H and O–H groups in total. The number of fused-ring (bicyclic) bond motifs is 1. The molecule has 4 aliphatic heterocycles. The summed E-state index contributed by atoms with van der Waals surface area (Å²) in [5.41, 5.74) is 0.135. The Balaban J connectivity index is 1.21. The van der Waals surface area contributed by atoms with E-state index in [9.17, 15) is 14.0 Å². The van der Waals surface area contributed by atoms with Gasteiger partial charge >= 0.3 is 0 Å². The Bertz CT molecular complexity index is 857. The van der Waals surface area contributed by atoms with E-state index < -0.39 is 5.54 Å². The number of carbonyl (C=O) groups excluding carboxylic acids is 2. The van der Waals surface area contributed by atoms with Gasteiger partial charge in [-0.2, -0.15) is 0 Å². The summed E-state index contributed by atoms with van der Waals surface area (Å²) in [6.07, 6.45) is 7.28. The molecule has 4 fully saturated rings. The Kier molecular flexibility index (Phi) is 6.37. The summed E-state index contributed by atoms with van der Waals surface area (Å²) in [5.74, 6) is -0.233. The van der Waals surface area contributed by atoms with Gasteiger partial charge < -0.3 is 15.0 Å². The highest BCUT2D eigenvalue weighted by Gasteiger charge is 2.49. The van der Waals surface area contributed by atoms with E-state index in [1.54, 1.807) is 12.3 Å². The van der Waals surface area contributed by atoms with Crippen LogP contribution in [-0.2, 0) is 20.9 Å². The van der Waals surface area contributed by atoms with Crippen LogP contribution in [0.15, 0.2) is 18.5 Å². The van der Waals surface area contributed by atoms with Crippen molar-refractivity contribution in [3.63, 3.8) is 0 Å². The van der Waals surface area contributed by atoms with E-state index in [2.05, 4.69) is 27.1 Å². The minimum atomic E-state index is -0.492. The lowest BCUT2D eigenvalue weighted by Gasteiger charge is -2.41. The molecule has 0 saturated carbocycles. The molecular weight excluding hydrogens is 425 g/mol. The highest BCUT2D eigenvalue weighted by atomic mass is 19.1. The second-order valence-electron chi connectivity index (χ2n) is 10.2. The van der Waals surface area contributed by atoms with Gasteiger partial charge in [-0.1, -0.05) is 0 Å². The Morgan fingerprint density at radius 3 is 2.73 bits per heavy atom. The topological polar surface area (TPSA) is 78.0 Å². The summed E-state index contributed by atoms with van der Waals surface area (Å²) in [7, 11) is 2.12. The molecule has 33 heavy (non-hydrogen) atoms. The molecule has 0 aliphatic carbocycles. The molecule has 0 unspecified atom stereocenters. The van der Waals surface area contributed by atoms with Gasteiger partial charge in [0.1, 0.15) is 11.9 Å². The highest BCUT2D eigenvalue weighted by molar-refractivity contribution is 5.92. The third-order valence-electron chi connectivity index (χ3n) is 8.19. The highest BCUT2D eigenvalue weighted by Crippen LogP contribution is 2.34. The van der Waals surface area contributed by atoms with E-state index in [-0.39, 0.29) is 29.7 Å². The number of amides is 2. The SMILES string of the molecule is CN(C1CCOCC1)[C@H]1C[C@H]2C(=O)NC3(CCN(Cc4ccncc4F)CC3)CC(=O)N2C1. The van der Waals surface area contributed by atoms with Gasteiger partial charge in [-0.15, -0.1) is 0 Å². The third kappa shape index (κ3) is 4.63. The van der Waals surface area contributed by atoms with E-state index in [4.69, 9.17) is 4.74 Å². The number of nitrogens with one attached hydrogen (secondary N) is 1. The molecule has 2 atom stereocenters. The molecule has 8 nitrogen and oxygen atoms in total. The van der Waals surface area contributed by atoms with Crippen LogP contribution in [-0.4, -0.2) is 95.1 Å². The molecular formula is C24H34FN5O3. The average molecular weight is 460 g/mol. The fraction of sp³-hybridized carbons (Fsp3) is 0.708. The number of carbonyl (C=O) groups is 2. The first kappa shape index (κ1) is 22.7. The van der Waals surface area contributed by atoms with Gasteiger partial charge in [0, 0.05) is 63.2 Å². The monoisotopic (exact) mass is 459 g/mol. The van der Waals surface area contributed by atoms with Gasteiger partial charge in [0.05, 0.1) is 18.2 Å². The number of piperidine rings is 1. The molecule has 5 rings (SSSR count). The van der Waals surface area contributed by atoms with Crippen molar-refractivity contribution in [3.05, 3.63) is 29.8 Å². The number of likely N-dealkylation sites (N-methyl/N-ethyl adjacent to an activating group) is 1. The first-order valence-corrected chi connectivity index (χ1v) is 12.2. The van der Waals surface area contributed by atoms with Gasteiger partial charge in [0.15, 0.2) is 0 Å². The first-order chi connectivity index (χ1) is 15.9. The number of nitrogens with zero attached hydrogens (tertiary/aromatic N) is 4. The van der Waals surface area contributed by atoms with E-state index in [0.717, 1.165) is 39.1 Å². The molecule has 4 saturated heterocycles. The van der Waals surface area contributed by atoms with E-state index in [1.165, 1.54) is 6.20 Å². The van der Waals surface area contributed by atoms with Gasteiger partial charge in [0.2, 0.25) is 11.8 Å². The van der Waals surface area contributed by atoms with Crippen LogP contribution in [0.25, 0.3) is 0 Å². The van der Waals surface area contributed by atoms with Crippen LogP contribution in [0.5, 0.6) is 0 Å². The van der Waals surface area contributed by atoms with Crippen LogP contribution < -0.4 is 5.32 Å². The molecule has 0 radical (unpaired) electrons. The Hall–Kier alpha value is -2.10. The van der Waals surface area contributed by atoms with Crippen LogP contribution in [0, 0.1) is 5.82 Å². The van der Waals surface area contributed by atoms with E-state index in [0.29, 0.717) is 50.4 Å². The second-order valence-corrected chi connectivity index (χ2v) is 10.2. The zero-order valence-electron chi connectivity index (χ0n) is 19.3. The lowest BCUT2D eigenvalue weighted by molar-refractivity contribution is -0.135. The number of ether oxygens (including phenoxy) is 1. The summed E-state index contributed by atoms with van der Waals surface area (Å²) in [4.78, 5) is 36.7. The zero-order chi connectivity index (χ0) is 23.0. The molecule has 0 aromatic carbocycles. The van der Waals surface area contributed by atoms with Crippen molar-refractivity contribution in [2.75, 3.05) is 39.9 Å². The van der Waals surface area contributed by atoms with Crippen molar-refractivity contribution < 1.29 is 18.7 Å². The number of hydrogen-bond donors (Lipinski definition) is 1. The van der Waals surface area contributed by atoms with Crippen LogP contribution in [0.3, 0.4) is 0 Å². The fourth-order valence-corrected chi connectivity index (χ4v) is 6.02. The van der Waals surface area contributed by atoms with Gasteiger partial charge in [-0.3, -0.25) is 24.4 Å². The number of aromatic nitrogens is 1. The smallest absolute Gasteiger partial charge is 0.243 e. The molecule has 2 amide bonds. The van der Waals surface area contributed by atoms with Crippen LogP contribution in [0.1, 0.15) is 44.1 Å². The molecule has 1 aromatic rings. The number of likely N-dealkylation sites (tertiary alicyclic amines) is 1. The van der Waals surface area contributed by atoms with Crippen molar-refractivity contribution in [1.82, 2.24) is 25.0 Å². The lowest BCUT2D eigenvalue weighted by Crippen LogP contribution is -2.56. The number of hydrogen-bond acceptors (Lipinski definition) is 6. The van der Waals surface area contributed by atoms with Gasteiger partial charge in [0.25, 0.3) is 0 Å². The molecule has 1 aromatic heterocycles. The lowest BCUT2D eigenvalue weighted by atomic mass is 9.84. The predicted octanol–water partition coefficient (Wildman–Crippen LogP) is 1.16. The molecule has 4 aliphatic rings. The van der Waals surface area contributed by atoms with Crippen molar-refractivity contribution in [1.29, 1.82) is 0 Å². The first-order valence-electron chi connectivity index (χ1n) is 12.2. The largest absolute Gasteiger partial charge is 0.381 e. The Morgan fingerprint density at radius 1 is 1.24 bits per heavy atom. The van der Waals surface area contributed by atoms with Gasteiger partial charge in [-0.25, -0.2) is 4.39 Å². The minimum absolute atomic E-state index is 0.0163. The van der Waals surface area contributed by atoms with Gasteiger partial charge in [-0.05, 0) is 45.2 Å². The standard InChI is InChI=1S/C24H34FN5O3/c1-28(18-3-10-33-11-4-18)19-12-21-23(32)27-24(13-22(31)30(21)16-19)5-8-29(9-6-24)15-17-2-7-26-14-20(17)25/h2,7,14,18-19,21H,3-6,8-13,15-16H2,1H3,(H,27,32)/t19-,21-/m0/s1. The molecule has 180 valence electrons. The predicted molar refractivity (Wildman–Crippen MR) is 120 cm³/mol. The van der Waals surface area contributed by atoms with Crippen molar-refractivity contribution in [3.8, 4) is 0 Å². The Morgan fingerprint density at radius 2 is 2.00 bits per heavy atom. The quantitative estimate of drug-likeness (QED) is 0.728. The number of pyridine rings is 1. The average Bonchev–Trinajstić information content (AvgIpc) is 3.25. The van der Waals surface area contributed by atoms with Crippen molar-refractivity contribution in [2.24, 2.45) is 0 Å². The summed E-state index contributed by atoms with van der Waals surface area (Å²) >= 11 is 0. The maximum Gasteiger partial charge on any atom is 0.243 e. The summed E-state index contributed by atoms with van der Waals surface area (Å²) in [6, 6.07) is 1.98. The molecule has 5 heterocycles. The van der Waals surface area contributed by atoms with Crippen molar-refractivity contribution >= 4 is 11.8 Å². The zero-order valence-corrected chi connectivity index (χ0v) is 19.3. The summed E-state index contributed by atoms with van der Waals surface area (Å²) < 4.78 is 19.5. The van der Waals surface area contributed by atoms with Crippen LogP contribution in [0.4, 0.5) is 4.39 Å². The maximum atomic E-state index is 14.0. The second kappa shape index (κ2) is 9.27. The maximum absolute atomic E-state index is 14.0. The molecule has 1 spiro atoms. The van der Waals surface area contributed by atoms with Crippen LogP contribution >= 0.6 is 0 Å². The van der Waals surface area contributed by atoms with E-state index in [1.807, 2.05) is 4.90 Å². The Labute approximate surface area is 194 Å².